The van der Waals surface area contributed by atoms with E-state index in [4.69, 9.17) is 0 Å². The van der Waals surface area contributed by atoms with Gasteiger partial charge >= 0.3 is 5.97 Å². The minimum atomic E-state index is -2.99. The highest BCUT2D eigenvalue weighted by Gasteiger charge is 2.18. The van der Waals surface area contributed by atoms with Crippen LogP contribution in [0.25, 0.3) is 0 Å². The van der Waals surface area contributed by atoms with E-state index in [0.717, 1.165) is 0 Å². The molecule has 1 aromatic rings. The number of carbonyl (C=O) groups is 1. The van der Waals surface area contributed by atoms with Crippen molar-refractivity contribution >= 4 is 27.6 Å². The maximum Gasteiger partial charge on any atom is 0.340 e. The third kappa shape index (κ3) is 5.09. The third-order valence-electron chi connectivity index (χ3n) is 2.53. The van der Waals surface area contributed by atoms with E-state index < -0.39 is 15.8 Å². The normalized spacial score (nSPS) is 11.6. The quantitative estimate of drug-likeness (QED) is 0.463. The number of carboxylic acid groups (broad SMARTS) is 1. The van der Waals surface area contributed by atoms with E-state index in [1.807, 2.05) is 6.92 Å². The fourth-order valence-corrected chi connectivity index (χ4v) is 3.48. The molecule has 0 radical (unpaired) electrons. The molecule has 0 aliphatic rings. The van der Waals surface area contributed by atoms with Crippen molar-refractivity contribution in [2.75, 3.05) is 17.8 Å². The number of rotatable bonds is 7. The van der Waals surface area contributed by atoms with Gasteiger partial charge in [0.15, 0.2) is 0 Å². The Bertz CT molecular complexity index is 600. The van der Waals surface area contributed by atoms with Crippen molar-refractivity contribution in [3.05, 3.63) is 17.1 Å². The molecular formula is C12H18N2O4S2. The van der Waals surface area contributed by atoms with Crippen LogP contribution >= 0.6 is 11.8 Å². The number of hydrogen-bond donors (Lipinski definition) is 1. The average Bonchev–Trinajstić information content (AvgIpc) is 2.32. The van der Waals surface area contributed by atoms with Gasteiger partial charge in [0, 0.05) is 18.4 Å². The van der Waals surface area contributed by atoms with E-state index >= 15 is 0 Å². The Hall–Kier alpha value is -1.15. The Morgan fingerprint density at radius 3 is 2.50 bits per heavy atom. The molecule has 0 bridgehead atoms. The molecule has 0 fully saturated rings. The summed E-state index contributed by atoms with van der Waals surface area (Å²) in [5, 5.41) is 9.62. The van der Waals surface area contributed by atoms with Crippen LogP contribution in [0.2, 0.25) is 0 Å². The topological polar surface area (TPSA) is 97.2 Å². The first-order valence-electron chi connectivity index (χ1n) is 6.16. The number of hydrogen-bond acceptors (Lipinski definition) is 6. The van der Waals surface area contributed by atoms with Crippen LogP contribution in [0, 0.1) is 6.92 Å². The summed E-state index contributed by atoms with van der Waals surface area (Å²) in [5.74, 6) is 0.133. The van der Waals surface area contributed by atoms with Crippen molar-refractivity contribution in [3.8, 4) is 0 Å². The molecule has 8 heteroatoms. The molecule has 6 nitrogen and oxygen atoms in total. The van der Waals surface area contributed by atoms with Crippen molar-refractivity contribution < 1.29 is 18.3 Å². The van der Waals surface area contributed by atoms with Gasteiger partial charge in [-0.1, -0.05) is 6.92 Å². The van der Waals surface area contributed by atoms with Crippen LogP contribution in [0.1, 0.15) is 35.2 Å². The number of thioether (sulfide) groups is 1. The van der Waals surface area contributed by atoms with Gasteiger partial charge in [0.05, 0.1) is 11.4 Å². The lowest BCUT2D eigenvalue weighted by Gasteiger charge is -2.09. The van der Waals surface area contributed by atoms with E-state index in [-0.39, 0.29) is 11.3 Å². The Balaban J connectivity index is 2.87. The summed E-state index contributed by atoms with van der Waals surface area (Å²) in [5.41, 5.74) is 0.543. The zero-order chi connectivity index (χ0) is 15.3. The first kappa shape index (κ1) is 16.9. The standard InChI is InChI=1S/C12H18N2O4S2/c1-4-9-13-8(2)10(12(15)16)11(14-9)19-6-5-7-20(3,17)18/h4-7H2,1-3H3,(H,15,16). The van der Waals surface area contributed by atoms with Crippen molar-refractivity contribution in [2.24, 2.45) is 0 Å². The lowest BCUT2D eigenvalue weighted by Crippen LogP contribution is -2.10. The number of nitrogens with zero attached hydrogens (tertiary/aromatic N) is 2. The maximum absolute atomic E-state index is 11.2. The molecule has 1 N–H and O–H groups in total. The minimum absolute atomic E-state index is 0.0904. The van der Waals surface area contributed by atoms with Crippen LogP contribution in [0.4, 0.5) is 0 Å². The van der Waals surface area contributed by atoms with Gasteiger partial charge in [-0.25, -0.2) is 23.2 Å². The molecule has 1 rings (SSSR count). The van der Waals surface area contributed by atoms with Gasteiger partial charge in [-0.2, -0.15) is 0 Å². The Kier molecular flexibility index (Phi) is 5.94. The van der Waals surface area contributed by atoms with Crippen LogP contribution in [0.5, 0.6) is 0 Å². The SMILES string of the molecule is CCc1nc(C)c(C(=O)O)c(SCCCS(C)(=O)=O)n1. The summed E-state index contributed by atoms with van der Waals surface area (Å²) in [7, 11) is -2.99. The highest BCUT2D eigenvalue weighted by atomic mass is 32.2. The number of carboxylic acids is 1. The van der Waals surface area contributed by atoms with Crippen molar-refractivity contribution in [1.82, 2.24) is 9.97 Å². The lowest BCUT2D eigenvalue weighted by molar-refractivity contribution is 0.0690. The van der Waals surface area contributed by atoms with Crippen LogP contribution in [-0.2, 0) is 16.3 Å². The fraction of sp³-hybridized carbons (Fsp3) is 0.583. The molecule has 0 atom stereocenters. The summed E-state index contributed by atoms with van der Waals surface area (Å²) in [6.45, 7) is 3.54. The molecule has 20 heavy (non-hydrogen) atoms. The Labute approximate surface area is 122 Å². The molecule has 0 aliphatic heterocycles. The number of aromatic nitrogens is 2. The molecule has 0 spiro atoms. The molecule has 0 unspecified atom stereocenters. The molecule has 0 saturated carbocycles. The number of aromatic carboxylic acids is 1. The van der Waals surface area contributed by atoms with Gasteiger partial charge in [-0.05, 0) is 13.3 Å². The first-order valence-corrected chi connectivity index (χ1v) is 9.20. The van der Waals surface area contributed by atoms with Crippen LogP contribution in [0.15, 0.2) is 5.03 Å². The highest BCUT2D eigenvalue weighted by molar-refractivity contribution is 7.99. The average molecular weight is 318 g/mol. The molecular weight excluding hydrogens is 300 g/mol. The molecule has 0 aromatic carbocycles. The zero-order valence-corrected chi connectivity index (χ0v) is 13.3. The summed E-state index contributed by atoms with van der Waals surface area (Å²) in [6, 6.07) is 0. The zero-order valence-electron chi connectivity index (χ0n) is 11.7. The summed E-state index contributed by atoms with van der Waals surface area (Å²) in [4.78, 5) is 19.6. The predicted molar refractivity (Wildman–Crippen MR) is 78.2 cm³/mol. The van der Waals surface area contributed by atoms with Crippen molar-refractivity contribution in [1.29, 1.82) is 0 Å². The summed E-state index contributed by atoms with van der Waals surface area (Å²) < 4.78 is 22.1. The monoisotopic (exact) mass is 318 g/mol. The van der Waals surface area contributed by atoms with Gasteiger partial charge in [0.1, 0.15) is 26.3 Å². The molecule has 112 valence electrons. The maximum atomic E-state index is 11.2. The lowest BCUT2D eigenvalue weighted by atomic mass is 10.2. The minimum Gasteiger partial charge on any atom is -0.478 e. The van der Waals surface area contributed by atoms with Gasteiger partial charge in [-0.3, -0.25) is 0 Å². The third-order valence-corrected chi connectivity index (χ3v) is 4.62. The number of aryl methyl sites for hydroxylation is 2. The predicted octanol–water partition coefficient (Wildman–Crippen LogP) is 1.57. The van der Waals surface area contributed by atoms with Gasteiger partial charge in [-0.15, -0.1) is 11.8 Å². The Morgan fingerprint density at radius 2 is 2.00 bits per heavy atom. The van der Waals surface area contributed by atoms with E-state index in [1.54, 1.807) is 6.92 Å². The van der Waals surface area contributed by atoms with E-state index in [2.05, 4.69) is 9.97 Å². The van der Waals surface area contributed by atoms with Crippen LogP contribution in [-0.4, -0.2) is 47.2 Å². The fourth-order valence-electron chi connectivity index (χ4n) is 1.60. The van der Waals surface area contributed by atoms with Gasteiger partial charge < -0.3 is 5.11 Å². The largest absolute Gasteiger partial charge is 0.478 e. The summed E-state index contributed by atoms with van der Waals surface area (Å²) >= 11 is 1.26. The second kappa shape index (κ2) is 7.03. The van der Waals surface area contributed by atoms with Gasteiger partial charge in [0.2, 0.25) is 0 Å². The second-order valence-corrected chi connectivity index (χ2v) is 7.74. The Morgan fingerprint density at radius 1 is 1.35 bits per heavy atom. The second-order valence-electron chi connectivity index (χ2n) is 4.40. The highest BCUT2D eigenvalue weighted by Crippen LogP contribution is 2.23. The van der Waals surface area contributed by atoms with Gasteiger partial charge in [0.25, 0.3) is 0 Å². The summed E-state index contributed by atoms with van der Waals surface area (Å²) in [6.07, 6.45) is 2.27. The van der Waals surface area contributed by atoms with E-state index in [1.165, 1.54) is 18.0 Å². The van der Waals surface area contributed by atoms with E-state index in [9.17, 15) is 18.3 Å². The first-order chi connectivity index (χ1) is 9.24. The molecule has 1 heterocycles. The van der Waals surface area contributed by atoms with Crippen LogP contribution in [0.3, 0.4) is 0 Å². The van der Waals surface area contributed by atoms with E-state index in [0.29, 0.717) is 35.1 Å². The van der Waals surface area contributed by atoms with Crippen molar-refractivity contribution in [2.45, 2.75) is 31.7 Å². The van der Waals surface area contributed by atoms with Crippen LogP contribution < -0.4 is 0 Å². The molecule has 1 aromatic heterocycles. The number of sulfone groups is 1. The molecule has 0 aliphatic carbocycles. The van der Waals surface area contributed by atoms with Crippen molar-refractivity contribution in [3.63, 3.8) is 0 Å². The molecule has 0 amide bonds. The molecule has 0 saturated heterocycles. The smallest absolute Gasteiger partial charge is 0.340 e.